The molecule has 21 heteroatoms. The third-order valence-corrected chi connectivity index (χ3v) is 7.34. The molecular weight excluding hydrogens is 684 g/mol. The van der Waals surface area contributed by atoms with Gasteiger partial charge in [0.2, 0.25) is 11.7 Å². The van der Waals surface area contributed by atoms with E-state index in [1.54, 1.807) is 24.1 Å². The lowest BCUT2D eigenvalue weighted by Crippen LogP contribution is -2.46. The summed E-state index contributed by atoms with van der Waals surface area (Å²) in [6.45, 7) is -1.13. The quantitative estimate of drug-likeness (QED) is 0.0953. The summed E-state index contributed by atoms with van der Waals surface area (Å²) in [7, 11) is 0. The zero-order valence-electron chi connectivity index (χ0n) is 26.0. The lowest BCUT2D eigenvalue weighted by atomic mass is 10.1. The van der Waals surface area contributed by atoms with Crippen molar-refractivity contribution in [2.45, 2.75) is 49.5 Å². The molecule has 1 fully saturated rings. The van der Waals surface area contributed by atoms with Crippen molar-refractivity contribution in [2.75, 3.05) is 24.3 Å². The average Bonchev–Trinajstić information content (AvgIpc) is 3.34. The van der Waals surface area contributed by atoms with Gasteiger partial charge < -0.3 is 61.6 Å². The molecule has 50 heavy (non-hydrogen) atoms. The van der Waals surface area contributed by atoms with Crippen LogP contribution in [0.1, 0.15) is 28.9 Å². The summed E-state index contributed by atoms with van der Waals surface area (Å²) in [5.41, 5.74) is 6.47. The smallest absolute Gasteiger partial charge is 0.326 e. The molecular formula is C29H36N8O12S. The number of nitrogens with one attached hydrogen (secondary N) is 4. The van der Waals surface area contributed by atoms with E-state index < -0.39 is 66.8 Å². The number of carbonyl (C=O) groups excluding carboxylic acids is 1. The normalized spacial score (nSPS) is 21.1. The highest BCUT2D eigenvalue weighted by atomic mass is 32.2. The number of ether oxygens (including phenoxy) is 1. The molecule has 270 valence electrons. The second kappa shape index (κ2) is 18.6. The van der Waals surface area contributed by atoms with E-state index in [4.69, 9.17) is 36.4 Å². The fourth-order valence-electron chi connectivity index (χ4n) is 4.16. The number of hydrogen-bond acceptors (Lipinski definition) is 17. The van der Waals surface area contributed by atoms with Crippen molar-refractivity contribution >= 4 is 52.6 Å². The highest BCUT2D eigenvalue weighted by Gasteiger charge is 2.52. The Balaban J connectivity index is 0.000000304. The number of aliphatic carboxylic acids is 2. The monoisotopic (exact) mass is 720 g/mol. The molecule has 0 aliphatic carbocycles. The number of nitrogens with zero attached hydrogens (tertiary/aromatic N) is 3. The number of benzene rings is 1. The van der Waals surface area contributed by atoms with Gasteiger partial charge in [-0.25, -0.2) is 14.8 Å². The number of carboxylic acid groups (broad SMARTS) is 2. The number of fused-ring (bicyclic) bond motifs is 1. The van der Waals surface area contributed by atoms with Crippen molar-refractivity contribution in [1.82, 2.24) is 30.0 Å². The SMILES string of the molecule is C1=CNSC=C1.Nc1nc2ncc(CNc3ccc(C(=O)N[C@@H](CCC(=O)O)C(=O)O)cc3)nc2c(=O)[nH]1.OC[C@H]1O[C@](O)(CO)[C@@H](O)[C@@H]1O. The van der Waals surface area contributed by atoms with E-state index in [-0.39, 0.29) is 42.1 Å². The number of nitrogens with two attached hydrogens (primary N) is 1. The zero-order valence-corrected chi connectivity index (χ0v) is 26.9. The van der Waals surface area contributed by atoms with Gasteiger partial charge in [0.05, 0.1) is 31.6 Å². The van der Waals surface area contributed by atoms with Crippen molar-refractivity contribution in [3.8, 4) is 0 Å². The van der Waals surface area contributed by atoms with E-state index in [1.165, 1.54) is 18.3 Å². The van der Waals surface area contributed by atoms with E-state index in [9.17, 15) is 24.3 Å². The minimum Gasteiger partial charge on any atom is -0.481 e. The van der Waals surface area contributed by atoms with Gasteiger partial charge in [0.25, 0.3) is 11.5 Å². The number of aromatic amines is 1. The van der Waals surface area contributed by atoms with Crippen LogP contribution < -0.4 is 26.6 Å². The molecule has 3 aromatic rings. The zero-order chi connectivity index (χ0) is 36.8. The first-order chi connectivity index (χ1) is 23.8. The molecule has 1 aromatic carbocycles. The number of carbonyl (C=O) groups is 3. The summed E-state index contributed by atoms with van der Waals surface area (Å²) < 4.78 is 7.56. The third kappa shape index (κ3) is 11.2. The van der Waals surface area contributed by atoms with Gasteiger partial charge in [-0.15, -0.1) is 0 Å². The third-order valence-electron chi connectivity index (χ3n) is 6.78. The number of allylic oxidation sites excluding steroid dienone is 2. The number of amides is 1. The Bertz CT molecular complexity index is 1730. The number of aliphatic hydroxyl groups is 5. The Morgan fingerprint density at radius 1 is 1.10 bits per heavy atom. The highest BCUT2D eigenvalue weighted by molar-refractivity contribution is 8.00. The molecule has 20 nitrogen and oxygen atoms in total. The summed E-state index contributed by atoms with van der Waals surface area (Å²) in [4.78, 5) is 60.6. The molecule has 0 radical (unpaired) electrons. The minimum atomic E-state index is -2.16. The Labute approximate surface area is 286 Å². The maximum absolute atomic E-state index is 12.3. The molecule has 1 saturated heterocycles. The first kappa shape index (κ1) is 39.3. The van der Waals surface area contributed by atoms with E-state index >= 15 is 0 Å². The molecule has 5 atom stereocenters. The van der Waals surface area contributed by atoms with Crippen molar-refractivity contribution in [2.24, 2.45) is 0 Å². The van der Waals surface area contributed by atoms with Gasteiger partial charge in [-0.1, -0.05) is 6.08 Å². The Kier molecular flexibility index (Phi) is 14.6. The number of aromatic nitrogens is 4. The summed E-state index contributed by atoms with van der Waals surface area (Å²) in [5, 5.41) is 69.9. The van der Waals surface area contributed by atoms with Gasteiger partial charge in [-0.05, 0) is 54.1 Å². The van der Waals surface area contributed by atoms with Crippen molar-refractivity contribution < 1.29 is 54.9 Å². The fourth-order valence-corrected chi connectivity index (χ4v) is 4.57. The van der Waals surface area contributed by atoms with Crippen LogP contribution in [0.25, 0.3) is 11.2 Å². The predicted octanol–water partition coefficient (Wildman–Crippen LogP) is -2.00. The number of hydrogen-bond donors (Lipinski definition) is 12. The molecule has 2 aliphatic rings. The van der Waals surface area contributed by atoms with Gasteiger partial charge in [0.1, 0.15) is 24.4 Å². The lowest BCUT2D eigenvalue weighted by Gasteiger charge is -2.22. The van der Waals surface area contributed by atoms with Crippen LogP contribution in [0.3, 0.4) is 0 Å². The molecule has 2 aliphatic heterocycles. The number of nitrogen functional groups attached to an aromatic ring is 1. The molecule has 2 aromatic heterocycles. The van der Waals surface area contributed by atoms with E-state index in [1.807, 2.05) is 23.8 Å². The maximum atomic E-state index is 12.3. The molecule has 0 unspecified atom stereocenters. The average molecular weight is 721 g/mol. The Hall–Kier alpha value is -5.16. The lowest BCUT2D eigenvalue weighted by molar-refractivity contribution is -0.248. The molecule has 13 N–H and O–H groups in total. The number of carboxylic acids is 2. The van der Waals surface area contributed by atoms with Gasteiger partial charge in [-0.3, -0.25) is 19.4 Å². The molecule has 1 amide bonds. The van der Waals surface area contributed by atoms with Crippen LogP contribution in [0.15, 0.2) is 59.0 Å². The summed E-state index contributed by atoms with van der Waals surface area (Å²) in [6, 6.07) is 4.86. The fraction of sp³-hybridized carbons (Fsp3) is 0.345. The second-order valence-electron chi connectivity index (χ2n) is 10.4. The Morgan fingerprint density at radius 2 is 1.82 bits per heavy atom. The van der Waals surface area contributed by atoms with Crippen LogP contribution in [0.5, 0.6) is 0 Å². The number of rotatable bonds is 11. The van der Waals surface area contributed by atoms with Crippen LogP contribution in [0, 0.1) is 0 Å². The first-order valence-corrected chi connectivity index (χ1v) is 15.5. The summed E-state index contributed by atoms with van der Waals surface area (Å²) >= 11 is 1.58. The van der Waals surface area contributed by atoms with Gasteiger partial charge in [-0.2, -0.15) is 4.98 Å². The van der Waals surface area contributed by atoms with Gasteiger partial charge >= 0.3 is 11.9 Å². The molecule has 0 saturated carbocycles. The topological polar surface area (TPSA) is 336 Å². The maximum Gasteiger partial charge on any atom is 0.326 e. The molecule has 5 rings (SSSR count). The standard InChI is InChI=1S/C19H19N7O6.C6H12O6.C4H5NS/c20-19-25-15-14(17(30)26-19)23-11(8-22-15)7-21-10-3-1-9(2-4-10)16(29)24-12(18(31)32)5-6-13(27)28;7-1-3-4(9)5(10)6(11,2-8)12-3;1-2-4-6-5-3-1/h1-4,8,12,21H,5-7H2,(H,24,29)(H,27,28)(H,31,32)(H3,20,22,25,26,30);3-5,7-11H,1-2H2;1-5H/t12-;3-,4-,5+,6-;/m01./s1. The highest BCUT2D eigenvalue weighted by Crippen LogP contribution is 2.28. The van der Waals surface area contributed by atoms with Gasteiger partial charge in [0, 0.05) is 23.9 Å². The van der Waals surface area contributed by atoms with E-state index in [2.05, 4.69) is 40.0 Å². The van der Waals surface area contributed by atoms with Crippen molar-refractivity contribution in [3.63, 3.8) is 0 Å². The van der Waals surface area contributed by atoms with Crippen LogP contribution in [-0.4, -0.2) is 117 Å². The minimum absolute atomic E-state index is 0.0524. The first-order valence-electron chi connectivity index (χ1n) is 14.6. The van der Waals surface area contributed by atoms with E-state index in [0.717, 1.165) is 0 Å². The molecule has 4 heterocycles. The summed E-state index contributed by atoms with van der Waals surface area (Å²) in [6.07, 6.45) is 2.64. The number of H-pyrrole nitrogens is 1. The molecule has 0 bridgehead atoms. The largest absolute Gasteiger partial charge is 0.481 e. The Morgan fingerprint density at radius 3 is 2.32 bits per heavy atom. The van der Waals surface area contributed by atoms with Crippen molar-refractivity contribution in [1.29, 1.82) is 0 Å². The van der Waals surface area contributed by atoms with Crippen LogP contribution in [0.2, 0.25) is 0 Å². The summed E-state index contributed by atoms with van der Waals surface area (Å²) in [5.74, 6) is -5.32. The van der Waals surface area contributed by atoms with Crippen LogP contribution in [-0.2, 0) is 20.9 Å². The van der Waals surface area contributed by atoms with Gasteiger partial charge in [0.15, 0.2) is 11.2 Å². The number of aliphatic hydroxyl groups excluding tert-OH is 4. The molecule has 0 spiro atoms. The van der Waals surface area contributed by atoms with Crippen LogP contribution >= 0.6 is 11.9 Å². The number of anilines is 2. The van der Waals surface area contributed by atoms with Crippen molar-refractivity contribution in [3.05, 3.63) is 75.8 Å². The predicted molar refractivity (Wildman–Crippen MR) is 177 cm³/mol. The second-order valence-corrected chi connectivity index (χ2v) is 11.2. The van der Waals surface area contributed by atoms with E-state index in [0.29, 0.717) is 11.4 Å². The van der Waals surface area contributed by atoms with Crippen LogP contribution in [0.4, 0.5) is 11.6 Å².